The zero-order chi connectivity index (χ0) is 16.8. The van der Waals surface area contributed by atoms with Crippen LogP contribution in [0.5, 0.6) is 0 Å². The Morgan fingerprint density at radius 1 is 1.52 bits per heavy atom. The number of nitrogens with zero attached hydrogens (tertiary/aromatic N) is 4. The van der Waals surface area contributed by atoms with Crippen LogP contribution in [0.4, 0.5) is 5.95 Å². The fraction of sp³-hybridized carbons (Fsp3) is 0.125. The van der Waals surface area contributed by atoms with Crippen LogP contribution in [0, 0.1) is 11.3 Å². The van der Waals surface area contributed by atoms with Gasteiger partial charge in [-0.1, -0.05) is 12.7 Å². The molecule has 2 heterocycles. The Kier molecular flexibility index (Phi) is 4.89. The van der Waals surface area contributed by atoms with Gasteiger partial charge in [0.1, 0.15) is 11.5 Å². The van der Waals surface area contributed by atoms with E-state index in [4.69, 9.17) is 11.0 Å². The number of anilines is 1. The van der Waals surface area contributed by atoms with Crippen molar-refractivity contribution in [2.75, 3.05) is 5.73 Å². The van der Waals surface area contributed by atoms with Crippen LogP contribution in [-0.4, -0.2) is 19.6 Å². The van der Waals surface area contributed by atoms with Gasteiger partial charge in [0.05, 0.1) is 12.5 Å². The van der Waals surface area contributed by atoms with Gasteiger partial charge in [-0.25, -0.2) is 9.97 Å². The molecule has 23 heavy (non-hydrogen) atoms. The SMILES string of the molecule is C=C/C=C(\O)c1nc(N)ncc1-c1ccc(=O)n(CCC#N)c1. The first-order valence-corrected chi connectivity index (χ1v) is 6.79. The first-order valence-electron chi connectivity index (χ1n) is 6.79. The van der Waals surface area contributed by atoms with E-state index in [-0.39, 0.29) is 35.9 Å². The molecule has 116 valence electrons. The number of allylic oxidation sites excluding steroid dienone is 2. The molecule has 0 bridgehead atoms. The molecule has 0 saturated carbocycles. The summed E-state index contributed by atoms with van der Waals surface area (Å²) < 4.78 is 1.42. The highest BCUT2D eigenvalue weighted by atomic mass is 16.3. The summed E-state index contributed by atoms with van der Waals surface area (Å²) in [6.45, 7) is 3.80. The molecule has 0 aromatic carbocycles. The highest BCUT2D eigenvalue weighted by molar-refractivity contribution is 5.76. The quantitative estimate of drug-likeness (QED) is 0.643. The largest absolute Gasteiger partial charge is 0.506 e. The van der Waals surface area contributed by atoms with E-state index >= 15 is 0 Å². The van der Waals surface area contributed by atoms with Crippen LogP contribution in [0.25, 0.3) is 16.9 Å². The van der Waals surface area contributed by atoms with E-state index in [9.17, 15) is 9.90 Å². The summed E-state index contributed by atoms with van der Waals surface area (Å²) in [5.74, 6) is -0.0931. The van der Waals surface area contributed by atoms with Crippen molar-refractivity contribution in [2.24, 2.45) is 0 Å². The third kappa shape index (κ3) is 3.63. The van der Waals surface area contributed by atoms with Gasteiger partial charge in [0.2, 0.25) is 5.95 Å². The van der Waals surface area contributed by atoms with E-state index in [0.29, 0.717) is 11.1 Å². The van der Waals surface area contributed by atoms with E-state index in [1.165, 1.54) is 29.0 Å². The zero-order valence-electron chi connectivity index (χ0n) is 12.3. The first-order chi connectivity index (χ1) is 11.1. The molecule has 7 heteroatoms. The van der Waals surface area contributed by atoms with Crippen molar-refractivity contribution >= 4 is 11.7 Å². The van der Waals surface area contributed by atoms with Crippen molar-refractivity contribution in [3.8, 4) is 17.2 Å². The number of nitriles is 1. The number of aromatic nitrogens is 3. The summed E-state index contributed by atoms with van der Waals surface area (Å²) in [6.07, 6.45) is 6.09. The molecular weight excluding hydrogens is 294 g/mol. The van der Waals surface area contributed by atoms with E-state index in [0.717, 1.165) is 0 Å². The van der Waals surface area contributed by atoms with E-state index in [2.05, 4.69) is 16.5 Å². The molecule has 0 unspecified atom stereocenters. The summed E-state index contributed by atoms with van der Waals surface area (Å²) >= 11 is 0. The van der Waals surface area contributed by atoms with Crippen LogP contribution in [0.3, 0.4) is 0 Å². The highest BCUT2D eigenvalue weighted by Crippen LogP contribution is 2.25. The maximum Gasteiger partial charge on any atom is 0.250 e. The van der Waals surface area contributed by atoms with Crippen molar-refractivity contribution in [3.05, 3.63) is 59.3 Å². The number of rotatable bonds is 5. The van der Waals surface area contributed by atoms with Crippen LogP contribution in [0.2, 0.25) is 0 Å². The lowest BCUT2D eigenvalue weighted by atomic mass is 10.1. The third-order valence-electron chi connectivity index (χ3n) is 3.08. The molecule has 0 amide bonds. The Morgan fingerprint density at radius 3 is 3.00 bits per heavy atom. The number of aliphatic hydroxyl groups is 1. The van der Waals surface area contributed by atoms with E-state index in [1.807, 2.05) is 6.07 Å². The number of nitrogens with two attached hydrogens (primary N) is 1. The number of pyridine rings is 1. The molecule has 0 atom stereocenters. The number of aryl methyl sites for hydroxylation is 1. The summed E-state index contributed by atoms with van der Waals surface area (Å²) in [5, 5.41) is 18.7. The molecule has 0 aliphatic heterocycles. The first kappa shape index (κ1) is 16.0. The normalized spacial score (nSPS) is 11.0. The predicted octanol–water partition coefficient (Wildman–Crippen LogP) is 1.89. The molecular formula is C16H15N5O2. The van der Waals surface area contributed by atoms with Crippen molar-refractivity contribution in [1.82, 2.24) is 14.5 Å². The fourth-order valence-corrected chi connectivity index (χ4v) is 2.03. The van der Waals surface area contributed by atoms with Gasteiger partial charge in [-0.05, 0) is 12.1 Å². The monoisotopic (exact) mass is 309 g/mol. The molecule has 3 N–H and O–H groups in total. The second-order valence-corrected chi connectivity index (χ2v) is 4.64. The number of hydrogen-bond donors (Lipinski definition) is 2. The van der Waals surface area contributed by atoms with Crippen LogP contribution < -0.4 is 11.3 Å². The summed E-state index contributed by atoms with van der Waals surface area (Å²) in [6, 6.07) is 4.99. The lowest BCUT2D eigenvalue weighted by Crippen LogP contribution is -2.18. The van der Waals surface area contributed by atoms with Crippen LogP contribution >= 0.6 is 0 Å². The Hall–Kier alpha value is -3.40. The van der Waals surface area contributed by atoms with E-state index in [1.54, 1.807) is 12.3 Å². The van der Waals surface area contributed by atoms with Gasteiger partial charge < -0.3 is 15.4 Å². The standard InChI is InChI=1S/C16H15N5O2/c1-2-4-13(22)15-12(9-19-16(18)20-15)11-5-6-14(23)21(10-11)8-3-7-17/h2,4-6,9-10,22H,1,3,8H2,(H2,18,19,20)/b13-4-. The van der Waals surface area contributed by atoms with Crippen molar-refractivity contribution in [1.29, 1.82) is 5.26 Å². The Bertz CT molecular complexity index is 862. The third-order valence-corrected chi connectivity index (χ3v) is 3.08. The van der Waals surface area contributed by atoms with Gasteiger partial charge in [-0.3, -0.25) is 4.79 Å². The molecule has 0 aliphatic rings. The molecule has 0 radical (unpaired) electrons. The maximum absolute atomic E-state index is 11.8. The topological polar surface area (TPSA) is 118 Å². The van der Waals surface area contributed by atoms with Gasteiger partial charge >= 0.3 is 0 Å². The molecule has 7 nitrogen and oxygen atoms in total. The van der Waals surface area contributed by atoms with Crippen LogP contribution in [0.15, 0.2) is 48.1 Å². The number of nitrogen functional groups attached to an aromatic ring is 1. The van der Waals surface area contributed by atoms with Crippen LogP contribution in [-0.2, 0) is 6.54 Å². The van der Waals surface area contributed by atoms with Gasteiger partial charge in [-0.2, -0.15) is 5.26 Å². The molecule has 0 saturated heterocycles. The summed E-state index contributed by atoms with van der Waals surface area (Å²) in [4.78, 5) is 19.8. The lowest BCUT2D eigenvalue weighted by Gasteiger charge is -2.10. The fourth-order valence-electron chi connectivity index (χ4n) is 2.03. The molecule has 2 aromatic heterocycles. The molecule has 0 aliphatic carbocycles. The predicted molar refractivity (Wildman–Crippen MR) is 87.2 cm³/mol. The highest BCUT2D eigenvalue weighted by Gasteiger charge is 2.13. The second kappa shape index (κ2) is 7.04. The summed E-state index contributed by atoms with van der Waals surface area (Å²) in [7, 11) is 0. The molecule has 2 rings (SSSR count). The summed E-state index contributed by atoms with van der Waals surface area (Å²) in [5.41, 5.74) is 6.75. The van der Waals surface area contributed by atoms with Gasteiger partial charge in [-0.15, -0.1) is 0 Å². The van der Waals surface area contributed by atoms with Gasteiger partial charge in [0.25, 0.3) is 5.56 Å². The van der Waals surface area contributed by atoms with Gasteiger partial charge in [0, 0.05) is 36.1 Å². The van der Waals surface area contributed by atoms with Gasteiger partial charge in [0.15, 0.2) is 0 Å². The van der Waals surface area contributed by atoms with Crippen molar-refractivity contribution < 1.29 is 5.11 Å². The zero-order valence-corrected chi connectivity index (χ0v) is 12.3. The molecule has 0 fully saturated rings. The number of aliphatic hydroxyl groups excluding tert-OH is 1. The average molecular weight is 309 g/mol. The Morgan fingerprint density at radius 2 is 2.30 bits per heavy atom. The van der Waals surface area contributed by atoms with Crippen LogP contribution in [0.1, 0.15) is 12.1 Å². The minimum atomic E-state index is -0.215. The second-order valence-electron chi connectivity index (χ2n) is 4.64. The van der Waals surface area contributed by atoms with Crippen molar-refractivity contribution in [3.63, 3.8) is 0 Å². The molecule has 0 spiro atoms. The molecule has 2 aromatic rings. The van der Waals surface area contributed by atoms with Crippen molar-refractivity contribution in [2.45, 2.75) is 13.0 Å². The number of hydrogen-bond acceptors (Lipinski definition) is 6. The average Bonchev–Trinajstić information content (AvgIpc) is 2.54. The minimum absolute atomic E-state index is 0.0190. The lowest BCUT2D eigenvalue weighted by molar-refractivity contribution is 0.509. The Balaban J connectivity index is 2.58. The van der Waals surface area contributed by atoms with E-state index < -0.39 is 0 Å². The maximum atomic E-state index is 11.8. The minimum Gasteiger partial charge on any atom is -0.506 e. The smallest absolute Gasteiger partial charge is 0.250 e. The Labute approximate surface area is 132 Å².